The highest BCUT2D eigenvalue weighted by Crippen LogP contribution is 2.22. The maximum Gasteiger partial charge on any atom is 0.265 e. The molecule has 0 radical (unpaired) electrons. The lowest BCUT2D eigenvalue weighted by molar-refractivity contribution is 0.594. The summed E-state index contributed by atoms with van der Waals surface area (Å²) >= 11 is 0. The minimum Gasteiger partial charge on any atom is -0.276 e. The summed E-state index contributed by atoms with van der Waals surface area (Å²) in [5.41, 5.74) is 0.462. The topological polar surface area (TPSA) is 64.0 Å². The predicted molar refractivity (Wildman–Crippen MR) is 85.5 cm³/mol. The summed E-state index contributed by atoms with van der Waals surface area (Å²) in [6.07, 6.45) is 1.32. The summed E-state index contributed by atoms with van der Waals surface area (Å²) in [4.78, 5) is -0.116. The van der Waals surface area contributed by atoms with E-state index in [1.165, 1.54) is 17.8 Å². The zero-order valence-electron chi connectivity index (χ0n) is 12.6. The molecule has 0 aliphatic carbocycles. The van der Waals surface area contributed by atoms with Crippen LogP contribution in [-0.4, -0.2) is 18.2 Å². The zero-order chi connectivity index (χ0) is 17.3. The van der Waals surface area contributed by atoms with Crippen LogP contribution in [-0.2, 0) is 10.0 Å². The van der Waals surface area contributed by atoms with Crippen LogP contribution in [0.2, 0.25) is 0 Å². The standard InChI is InChI=1S/C16H13F2N3O2S/c1-11-16(10-21(19-11)13-5-3-2-4-6-13)24(22,23)20-15-9-12(17)7-8-14(15)18/h2-10,20H,1H3. The van der Waals surface area contributed by atoms with Crippen molar-refractivity contribution in [3.8, 4) is 5.69 Å². The van der Waals surface area contributed by atoms with Gasteiger partial charge in [-0.25, -0.2) is 21.9 Å². The molecule has 0 aliphatic rings. The molecule has 3 aromatic rings. The number of aryl methyl sites for hydroxylation is 1. The number of sulfonamides is 1. The van der Waals surface area contributed by atoms with Gasteiger partial charge < -0.3 is 0 Å². The molecular formula is C16H13F2N3O2S. The summed E-state index contributed by atoms with van der Waals surface area (Å²) in [6, 6.07) is 11.5. The Balaban J connectivity index is 1.99. The second-order valence-corrected chi connectivity index (χ2v) is 6.74. The fourth-order valence-corrected chi connectivity index (χ4v) is 3.42. The molecule has 0 unspecified atom stereocenters. The average molecular weight is 349 g/mol. The van der Waals surface area contributed by atoms with Crippen LogP contribution in [0.1, 0.15) is 5.69 Å². The van der Waals surface area contributed by atoms with Gasteiger partial charge in [-0.2, -0.15) is 5.10 Å². The van der Waals surface area contributed by atoms with Crippen LogP contribution < -0.4 is 4.72 Å². The number of hydrogen-bond acceptors (Lipinski definition) is 3. The van der Waals surface area contributed by atoms with Gasteiger partial charge in [0.2, 0.25) is 0 Å². The Bertz CT molecular complexity index is 986. The maximum atomic E-state index is 13.7. The van der Waals surface area contributed by atoms with E-state index in [4.69, 9.17) is 0 Å². The molecule has 3 rings (SSSR count). The van der Waals surface area contributed by atoms with Crippen molar-refractivity contribution >= 4 is 15.7 Å². The van der Waals surface area contributed by atoms with E-state index in [9.17, 15) is 17.2 Å². The third-order valence-electron chi connectivity index (χ3n) is 3.34. The predicted octanol–water partition coefficient (Wildman–Crippen LogP) is 3.26. The van der Waals surface area contributed by atoms with Crippen LogP contribution in [0.15, 0.2) is 59.6 Å². The van der Waals surface area contributed by atoms with Gasteiger partial charge in [0.05, 0.1) is 23.3 Å². The quantitative estimate of drug-likeness (QED) is 0.786. The van der Waals surface area contributed by atoms with Crippen molar-refractivity contribution in [2.75, 3.05) is 4.72 Å². The molecule has 0 atom stereocenters. The van der Waals surface area contributed by atoms with E-state index in [0.717, 1.165) is 18.2 Å². The van der Waals surface area contributed by atoms with Crippen LogP contribution in [0, 0.1) is 18.6 Å². The van der Waals surface area contributed by atoms with Gasteiger partial charge in [0, 0.05) is 6.07 Å². The van der Waals surface area contributed by atoms with Gasteiger partial charge in [-0.3, -0.25) is 4.72 Å². The lowest BCUT2D eigenvalue weighted by Gasteiger charge is -2.08. The number of hydrogen-bond donors (Lipinski definition) is 1. The Hall–Kier alpha value is -2.74. The van der Waals surface area contributed by atoms with E-state index in [1.54, 1.807) is 24.3 Å². The summed E-state index contributed by atoms with van der Waals surface area (Å²) < 4.78 is 55.3. The molecular weight excluding hydrogens is 336 g/mol. The van der Waals surface area contributed by atoms with Crippen LogP contribution >= 0.6 is 0 Å². The first-order valence-corrected chi connectivity index (χ1v) is 8.45. The van der Waals surface area contributed by atoms with Gasteiger partial charge in [-0.15, -0.1) is 0 Å². The molecule has 1 aromatic heterocycles. The summed E-state index contributed by atoms with van der Waals surface area (Å²) in [7, 11) is -4.11. The first kappa shape index (κ1) is 16.1. The number of benzene rings is 2. The Morgan fingerprint density at radius 1 is 1.08 bits per heavy atom. The number of aromatic nitrogens is 2. The van der Waals surface area contributed by atoms with Gasteiger partial charge in [-0.1, -0.05) is 18.2 Å². The van der Waals surface area contributed by atoms with E-state index in [-0.39, 0.29) is 10.6 Å². The fourth-order valence-electron chi connectivity index (χ4n) is 2.20. The van der Waals surface area contributed by atoms with Gasteiger partial charge in [-0.05, 0) is 31.2 Å². The lowest BCUT2D eigenvalue weighted by atomic mass is 10.3. The molecule has 24 heavy (non-hydrogen) atoms. The molecule has 8 heteroatoms. The molecule has 0 amide bonds. The smallest absolute Gasteiger partial charge is 0.265 e. The van der Waals surface area contributed by atoms with Gasteiger partial charge in [0.1, 0.15) is 16.5 Å². The Morgan fingerprint density at radius 3 is 2.50 bits per heavy atom. The van der Waals surface area contributed by atoms with Crippen molar-refractivity contribution < 1.29 is 17.2 Å². The molecule has 124 valence electrons. The molecule has 5 nitrogen and oxygen atoms in total. The SMILES string of the molecule is Cc1nn(-c2ccccc2)cc1S(=O)(=O)Nc1cc(F)ccc1F. The van der Waals surface area contributed by atoms with Gasteiger partial charge >= 0.3 is 0 Å². The van der Waals surface area contributed by atoms with Crippen molar-refractivity contribution in [3.05, 3.63) is 72.1 Å². The van der Waals surface area contributed by atoms with E-state index < -0.39 is 27.3 Å². The molecule has 0 spiro atoms. The third kappa shape index (κ3) is 3.13. The summed E-state index contributed by atoms with van der Waals surface area (Å²) in [6.45, 7) is 1.52. The maximum absolute atomic E-state index is 13.7. The molecule has 2 aromatic carbocycles. The Labute approximate surface area is 137 Å². The molecule has 1 heterocycles. The molecule has 0 saturated heterocycles. The van der Waals surface area contributed by atoms with Gasteiger partial charge in [0.25, 0.3) is 10.0 Å². The second kappa shape index (κ2) is 6.04. The third-order valence-corrected chi connectivity index (χ3v) is 4.81. The monoisotopic (exact) mass is 349 g/mol. The highest BCUT2D eigenvalue weighted by atomic mass is 32.2. The largest absolute Gasteiger partial charge is 0.276 e. The molecule has 0 aliphatic heterocycles. The highest BCUT2D eigenvalue weighted by Gasteiger charge is 2.22. The number of anilines is 1. The number of nitrogens with zero attached hydrogens (tertiary/aromatic N) is 2. The van der Waals surface area contributed by atoms with Crippen LogP contribution in [0.4, 0.5) is 14.5 Å². The average Bonchev–Trinajstić information content (AvgIpc) is 2.94. The molecule has 0 fully saturated rings. The minimum atomic E-state index is -4.11. The van der Waals surface area contributed by atoms with E-state index in [2.05, 4.69) is 9.82 Å². The van der Waals surface area contributed by atoms with Crippen LogP contribution in [0.3, 0.4) is 0 Å². The summed E-state index contributed by atoms with van der Waals surface area (Å²) in [5, 5.41) is 4.16. The van der Waals surface area contributed by atoms with Gasteiger partial charge in [0.15, 0.2) is 0 Å². The Morgan fingerprint density at radius 2 is 1.79 bits per heavy atom. The number of rotatable bonds is 4. The summed E-state index contributed by atoms with van der Waals surface area (Å²) in [5.74, 6) is -1.61. The number of halogens is 2. The second-order valence-electron chi connectivity index (χ2n) is 5.09. The first-order chi connectivity index (χ1) is 11.4. The molecule has 0 bridgehead atoms. The van der Waals surface area contributed by atoms with Crippen molar-refractivity contribution in [2.45, 2.75) is 11.8 Å². The van der Waals surface area contributed by atoms with Crippen molar-refractivity contribution in [1.82, 2.24) is 9.78 Å². The number of para-hydroxylation sites is 1. The lowest BCUT2D eigenvalue weighted by Crippen LogP contribution is -2.14. The highest BCUT2D eigenvalue weighted by molar-refractivity contribution is 7.92. The molecule has 1 N–H and O–H groups in total. The molecule has 0 saturated carbocycles. The zero-order valence-corrected chi connectivity index (χ0v) is 13.4. The Kier molecular flexibility index (Phi) is 4.06. The fraction of sp³-hybridized carbons (Fsp3) is 0.0625. The van der Waals surface area contributed by atoms with Crippen molar-refractivity contribution in [1.29, 1.82) is 0 Å². The van der Waals surface area contributed by atoms with Crippen LogP contribution in [0.5, 0.6) is 0 Å². The minimum absolute atomic E-state index is 0.116. The normalized spacial score (nSPS) is 11.5. The number of nitrogens with one attached hydrogen (secondary N) is 1. The first-order valence-electron chi connectivity index (χ1n) is 6.96. The van der Waals surface area contributed by atoms with Crippen molar-refractivity contribution in [3.63, 3.8) is 0 Å². The van der Waals surface area contributed by atoms with Crippen LogP contribution in [0.25, 0.3) is 5.69 Å². The van der Waals surface area contributed by atoms with E-state index in [0.29, 0.717) is 5.69 Å². The van der Waals surface area contributed by atoms with E-state index in [1.807, 2.05) is 6.07 Å². The van der Waals surface area contributed by atoms with E-state index >= 15 is 0 Å². The van der Waals surface area contributed by atoms with Crippen molar-refractivity contribution in [2.24, 2.45) is 0 Å².